The minimum Gasteiger partial charge on any atom is -0.465 e. The Kier molecular flexibility index (Phi) is 7.72. The van der Waals surface area contributed by atoms with Crippen molar-refractivity contribution < 1.29 is 19.1 Å². The number of methoxy groups -OCH3 is 1. The van der Waals surface area contributed by atoms with E-state index in [2.05, 4.69) is 32.8 Å². The van der Waals surface area contributed by atoms with Crippen LogP contribution in [0.5, 0.6) is 0 Å². The Bertz CT molecular complexity index is 1410. The number of anilines is 3. The Hall–Kier alpha value is -4.47. The van der Waals surface area contributed by atoms with Crippen LogP contribution in [0.1, 0.15) is 21.5 Å². The van der Waals surface area contributed by atoms with E-state index in [0.29, 0.717) is 40.3 Å². The summed E-state index contributed by atoms with van der Waals surface area (Å²) in [5.41, 5.74) is 4.98. The van der Waals surface area contributed by atoms with Gasteiger partial charge in [0.25, 0.3) is 5.91 Å². The van der Waals surface area contributed by atoms with Crippen LogP contribution in [0.25, 0.3) is 11.3 Å². The third-order valence-electron chi connectivity index (χ3n) is 6.90. The van der Waals surface area contributed by atoms with Gasteiger partial charge in [-0.3, -0.25) is 14.5 Å². The zero-order valence-electron chi connectivity index (χ0n) is 22.0. The normalized spacial score (nSPS) is 16.7. The van der Waals surface area contributed by atoms with Crippen molar-refractivity contribution in [3.63, 3.8) is 0 Å². The highest BCUT2D eigenvalue weighted by molar-refractivity contribution is 6.37. The molecule has 0 aliphatic carbocycles. The first-order valence-electron chi connectivity index (χ1n) is 12.8. The van der Waals surface area contributed by atoms with E-state index in [1.165, 1.54) is 7.11 Å². The number of carbonyl (C=O) groups excluding carboxylic acids is 3. The lowest BCUT2D eigenvalue weighted by molar-refractivity contribution is -0.117. The number of likely N-dealkylation sites (N-methyl/N-ethyl adjacent to an activating group) is 1. The van der Waals surface area contributed by atoms with Gasteiger partial charge in [0.15, 0.2) is 0 Å². The first kappa shape index (κ1) is 26.1. The van der Waals surface area contributed by atoms with Crippen LogP contribution in [-0.2, 0) is 14.3 Å². The molecule has 5 rings (SSSR count). The van der Waals surface area contributed by atoms with Crippen molar-refractivity contribution in [3.8, 4) is 0 Å². The molecule has 0 aromatic heterocycles. The summed E-state index contributed by atoms with van der Waals surface area (Å²) in [5.74, 6) is -0.786. The zero-order chi connectivity index (χ0) is 27.4. The summed E-state index contributed by atoms with van der Waals surface area (Å²) in [5, 5.41) is 9.25. The van der Waals surface area contributed by atoms with Crippen LogP contribution in [0.15, 0.2) is 72.8 Å². The average Bonchev–Trinajstić information content (AvgIpc) is 3.28. The Balaban J connectivity index is 1.37. The molecule has 2 amide bonds. The highest BCUT2D eigenvalue weighted by Crippen LogP contribution is 2.38. The maximum atomic E-state index is 13.2. The number of rotatable bonds is 7. The number of hydrogen-bond acceptors (Lipinski definition) is 7. The lowest BCUT2D eigenvalue weighted by Crippen LogP contribution is -2.47. The molecule has 1 fully saturated rings. The number of benzene rings is 3. The van der Waals surface area contributed by atoms with Gasteiger partial charge in [0, 0.05) is 43.1 Å². The van der Waals surface area contributed by atoms with E-state index < -0.39 is 5.97 Å². The van der Waals surface area contributed by atoms with E-state index in [9.17, 15) is 14.4 Å². The number of ether oxygens (including phenoxy) is 1. The Labute approximate surface area is 227 Å². The quantitative estimate of drug-likeness (QED) is 0.320. The van der Waals surface area contributed by atoms with Gasteiger partial charge in [0.05, 0.1) is 36.2 Å². The molecule has 0 radical (unpaired) electrons. The molecule has 3 N–H and O–H groups in total. The number of nitrogens with zero attached hydrogens (tertiary/aromatic N) is 2. The summed E-state index contributed by atoms with van der Waals surface area (Å²) in [6, 6.07) is 22.0. The maximum Gasteiger partial charge on any atom is 0.337 e. The summed E-state index contributed by atoms with van der Waals surface area (Å²) < 4.78 is 4.81. The van der Waals surface area contributed by atoms with Crippen LogP contribution in [0, 0.1) is 0 Å². The first-order valence-corrected chi connectivity index (χ1v) is 12.8. The zero-order valence-corrected chi connectivity index (χ0v) is 22.0. The topological polar surface area (TPSA) is 103 Å². The Morgan fingerprint density at radius 3 is 2.21 bits per heavy atom. The molecule has 0 bridgehead atoms. The molecule has 0 unspecified atom stereocenters. The van der Waals surface area contributed by atoms with E-state index in [0.717, 1.165) is 37.4 Å². The number of carbonyl (C=O) groups is 3. The summed E-state index contributed by atoms with van der Waals surface area (Å²) in [6.45, 7) is 4.04. The largest absolute Gasteiger partial charge is 0.465 e. The second-order valence-corrected chi connectivity index (χ2v) is 9.65. The second-order valence-electron chi connectivity index (χ2n) is 9.65. The van der Waals surface area contributed by atoms with Crippen LogP contribution < -0.4 is 16.0 Å². The summed E-state index contributed by atoms with van der Waals surface area (Å²) in [6.07, 6.45) is 0. The average molecular weight is 526 g/mol. The van der Waals surface area contributed by atoms with Crippen LogP contribution in [-0.4, -0.2) is 74.5 Å². The van der Waals surface area contributed by atoms with Crippen LogP contribution in [0.3, 0.4) is 0 Å². The van der Waals surface area contributed by atoms with E-state index in [1.54, 1.807) is 18.2 Å². The number of hydrogen-bond donors (Lipinski definition) is 3. The molecule has 3 aromatic carbocycles. The van der Waals surface area contributed by atoms with Crippen LogP contribution >= 0.6 is 0 Å². The van der Waals surface area contributed by atoms with Crippen molar-refractivity contribution in [2.24, 2.45) is 0 Å². The van der Waals surface area contributed by atoms with Gasteiger partial charge >= 0.3 is 5.97 Å². The Morgan fingerprint density at radius 2 is 1.54 bits per heavy atom. The molecule has 3 aromatic rings. The van der Waals surface area contributed by atoms with Crippen LogP contribution in [0.2, 0.25) is 0 Å². The maximum absolute atomic E-state index is 13.2. The van der Waals surface area contributed by atoms with Crippen molar-refractivity contribution in [3.05, 3.63) is 89.5 Å². The van der Waals surface area contributed by atoms with Gasteiger partial charge in [-0.25, -0.2) is 4.79 Å². The van der Waals surface area contributed by atoms with Gasteiger partial charge in [-0.05, 0) is 49.0 Å². The molecule has 9 nitrogen and oxygen atoms in total. The predicted molar refractivity (Wildman–Crippen MR) is 152 cm³/mol. The minimum atomic E-state index is -0.471. The highest BCUT2D eigenvalue weighted by Gasteiger charge is 2.29. The van der Waals surface area contributed by atoms with Crippen molar-refractivity contribution in [1.82, 2.24) is 9.80 Å². The molecular formula is C30H31N5O4. The number of amides is 2. The molecule has 2 aliphatic rings. The highest BCUT2D eigenvalue weighted by atomic mass is 16.5. The molecule has 2 aliphatic heterocycles. The Morgan fingerprint density at radius 1 is 0.872 bits per heavy atom. The molecule has 0 atom stereocenters. The number of fused-ring (bicyclic) bond motifs is 1. The van der Waals surface area contributed by atoms with E-state index in [-0.39, 0.29) is 11.8 Å². The molecule has 200 valence electrons. The van der Waals surface area contributed by atoms with E-state index in [1.807, 2.05) is 54.6 Å². The number of esters is 1. The van der Waals surface area contributed by atoms with Gasteiger partial charge in [-0.2, -0.15) is 0 Å². The van der Waals surface area contributed by atoms with Gasteiger partial charge in [0.1, 0.15) is 0 Å². The number of piperazine rings is 1. The first-order chi connectivity index (χ1) is 18.9. The van der Waals surface area contributed by atoms with Gasteiger partial charge in [-0.15, -0.1) is 0 Å². The van der Waals surface area contributed by atoms with Crippen molar-refractivity contribution in [2.75, 3.05) is 62.8 Å². The molecule has 0 spiro atoms. The fourth-order valence-electron chi connectivity index (χ4n) is 4.74. The molecule has 39 heavy (non-hydrogen) atoms. The third kappa shape index (κ3) is 6.00. The second kappa shape index (κ2) is 11.5. The third-order valence-corrected chi connectivity index (χ3v) is 6.90. The summed E-state index contributed by atoms with van der Waals surface area (Å²) in [4.78, 5) is 42.1. The van der Waals surface area contributed by atoms with Crippen molar-refractivity contribution in [1.29, 1.82) is 0 Å². The lowest BCUT2D eigenvalue weighted by atomic mass is 9.99. The number of nitrogens with one attached hydrogen (secondary N) is 3. The molecule has 9 heteroatoms. The molecule has 1 saturated heterocycles. The summed E-state index contributed by atoms with van der Waals surface area (Å²) in [7, 11) is 3.41. The van der Waals surface area contributed by atoms with Crippen molar-refractivity contribution in [2.45, 2.75) is 0 Å². The minimum absolute atomic E-state index is 0.0436. The smallest absolute Gasteiger partial charge is 0.337 e. The molecule has 0 saturated carbocycles. The standard InChI is InChI=1S/C30H31N5O4/c1-34-14-16-35(17-15-34)19-26(36)31-22-9-11-23(12-10-22)32-28(20-6-4-3-5-7-20)27-24-13-8-21(30(38)39-2)18-25(24)33-29(27)37/h3-13,18,32H,14-17,19H2,1-2H3,(H,31,36)(H,33,37). The molecule has 2 heterocycles. The molecular weight excluding hydrogens is 494 g/mol. The fourth-order valence-corrected chi connectivity index (χ4v) is 4.74. The SMILES string of the molecule is COC(=O)c1ccc2c(c1)NC(=O)C2=C(Nc1ccc(NC(=O)CN2CCN(C)CC2)cc1)c1ccccc1. The van der Waals surface area contributed by atoms with Gasteiger partial charge in [0.2, 0.25) is 5.91 Å². The fraction of sp³-hybridized carbons (Fsp3) is 0.233. The lowest BCUT2D eigenvalue weighted by Gasteiger charge is -2.31. The van der Waals surface area contributed by atoms with Gasteiger partial charge in [-0.1, -0.05) is 36.4 Å². The predicted octanol–water partition coefficient (Wildman–Crippen LogP) is 3.59. The van der Waals surface area contributed by atoms with Crippen molar-refractivity contribution >= 4 is 46.1 Å². The van der Waals surface area contributed by atoms with E-state index >= 15 is 0 Å². The van der Waals surface area contributed by atoms with Gasteiger partial charge < -0.3 is 25.6 Å². The van der Waals surface area contributed by atoms with Crippen LogP contribution in [0.4, 0.5) is 17.1 Å². The summed E-state index contributed by atoms with van der Waals surface area (Å²) >= 11 is 0. The van der Waals surface area contributed by atoms with E-state index in [4.69, 9.17) is 4.74 Å². The monoisotopic (exact) mass is 525 g/mol.